The molecule has 100 valence electrons. The second kappa shape index (κ2) is 6.58. The van der Waals surface area contributed by atoms with Crippen molar-refractivity contribution in [2.75, 3.05) is 6.61 Å². The molecule has 0 saturated heterocycles. The summed E-state index contributed by atoms with van der Waals surface area (Å²) in [5, 5.41) is 0. The van der Waals surface area contributed by atoms with Crippen LogP contribution in [-0.4, -0.2) is 12.7 Å². The van der Waals surface area contributed by atoms with Crippen LogP contribution in [0.5, 0.6) is 0 Å². The van der Waals surface area contributed by atoms with Gasteiger partial charge in [-0.2, -0.15) is 0 Å². The minimum absolute atomic E-state index is 0.480. The lowest BCUT2D eigenvalue weighted by atomic mass is 9.75. The van der Waals surface area contributed by atoms with Gasteiger partial charge in [0, 0.05) is 0 Å². The Kier molecular flexibility index (Phi) is 5.72. The first kappa shape index (κ1) is 14.8. The smallest absolute Gasteiger partial charge is 0.0680 e. The van der Waals surface area contributed by atoms with Crippen LogP contribution in [0, 0.1) is 17.8 Å². The summed E-state index contributed by atoms with van der Waals surface area (Å²) in [7, 11) is 0. The molecule has 1 nitrogen and oxygen atoms in total. The third-order valence-corrected chi connectivity index (χ3v) is 4.33. The van der Waals surface area contributed by atoms with Crippen molar-refractivity contribution in [2.24, 2.45) is 17.8 Å². The van der Waals surface area contributed by atoms with Crippen molar-refractivity contribution in [1.82, 2.24) is 0 Å². The third kappa shape index (κ3) is 4.46. The lowest BCUT2D eigenvalue weighted by Gasteiger charge is -2.37. The molecule has 1 rings (SSSR count). The van der Waals surface area contributed by atoms with Crippen LogP contribution in [0.25, 0.3) is 0 Å². The van der Waals surface area contributed by atoms with Crippen molar-refractivity contribution in [3.05, 3.63) is 11.1 Å². The third-order valence-electron chi connectivity index (χ3n) is 4.33. The molecule has 1 saturated carbocycles. The molecule has 0 aliphatic heterocycles. The van der Waals surface area contributed by atoms with Crippen LogP contribution in [-0.2, 0) is 4.74 Å². The minimum atomic E-state index is 0.480. The Bertz CT molecular complexity index is 261. The van der Waals surface area contributed by atoms with Gasteiger partial charge in [0.25, 0.3) is 0 Å². The molecular weight excluding hydrogens is 208 g/mol. The van der Waals surface area contributed by atoms with Crippen LogP contribution in [0.3, 0.4) is 0 Å². The molecule has 0 bridgehead atoms. The van der Waals surface area contributed by atoms with Crippen molar-refractivity contribution in [3.8, 4) is 0 Å². The fourth-order valence-electron chi connectivity index (χ4n) is 2.68. The topological polar surface area (TPSA) is 9.23 Å². The van der Waals surface area contributed by atoms with E-state index in [9.17, 15) is 0 Å². The van der Waals surface area contributed by atoms with E-state index in [0.717, 1.165) is 24.4 Å². The summed E-state index contributed by atoms with van der Waals surface area (Å²) < 4.78 is 6.19. The average Bonchev–Trinajstić information content (AvgIpc) is 2.25. The standard InChI is InChI=1S/C16H30O/c1-11(2)14(6)10-17-16-9-13(5)7-8-15(16)12(3)4/h12-13,15-16H,7-10H2,1-6H3/t13-,15+,16-/m1/s1. The molecule has 1 aliphatic rings. The monoisotopic (exact) mass is 238 g/mol. The predicted octanol–water partition coefficient (Wildman–Crippen LogP) is 4.82. The van der Waals surface area contributed by atoms with Crippen LogP contribution in [0.1, 0.15) is 60.8 Å². The fourth-order valence-corrected chi connectivity index (χ4v) is 2.68. The Hall–Kier alpha value is -0.300. The van der Waals surface area contributed by atoms with Gasteiger partial charge >= 0.3 is 0 Å². The van der Waals surface area contributed by atoms with Crippen molar-refractivity contribution in [2.45, 2.75) is 66.9 Å². The van der Waals surface area contributed by atoms with Gasteiger partial charge in [-0.3, -0.25) is 0 Å². The van der Waals surface area contributed by atoms with Crippen molar-refractivity contribution in [1.29, 1.82) is 0 Å². The quantitative estimate of drug-likeness (QED) is 0.638. The van der Waals surface area contributed by atoms with E-state index in [-0.39, 0.29) is 0 Å². The van der Waals surface area contributed by atoms with Gasteiger partial charge in [-0.1, -0.05) is 32.8 Å². The molecule has 0 N–H and O–H groups in total. The van der Waals surface area contributed by atoms with Crippen molar-refractivity contribution in [3.63, 3.8) is 0 Å². The molecule has 0 aromatic heterocycles. The molecule has 1 fully saturated rings. The van der Waals surface area contributed by atoms with E-state index >= 15 is 0 Å². The highest BCUT2D eigenvalue weighted by Gasteiger charge is 2.31. The predicted molar refractivity (Wildman–Crippen MR) is 75.1 cm³/mol. The highest BCUT2D eigenvalue weighted by atomic mass is 16.5. The lowest BCUT2D eigenvalue weighted by Crippen LogP contribution is -2.34. The van der Waals surface area contributed by atoms with E-state index in [1.165, 1.54) is 30.4 Å². The minimum Gasteiger partial charge on any atom is -0.374 e. The summed E-state index contributed by atoms with van der Waals surface area (Å²) in [4.78, 5) is 0. The van der Waals surface area contributed by atoms with E-state index in [2.05, 4.69) is 41.5 Å². The summed E-state index contributed by atoms with van der Waals surface area (Å²) in [5.74, 6) is 2.35. The first-order valence-electron chi connectivity index (χ1n) is 7.16. The summed E-state index contributed by atoms with van der Waals surface area (Å²) in [6, 6.07) is 0. The van der Waals surface area contributed by atoms with Gasteiger partial charge in [0.2, 0.25) is 0 Å². The number of hydrogen-bond acceptors (Lipinski definition) is 1. The van der Waals surface area contributed by atoms with Crippen LogP contribution < -0.4 is 0 Å². The first-order valence-corrected chi connectivity index (χ1v) is 7.16. The van der Waals surface area contributed by atoms with Crippen molar-refractivity contribution < 1.29 is 4.74 Å². The van der Waals surface area contributed by atoms with Gasteiger partial charge in [0.15, 0.2) is 0 Å². The maximum atomic E-state index is 6.19. The molecule has 17 heavy (non-hydrogen) atoms. The van der Waals surface area contributed by atoms with Gasteiger partial charge in [-0.15, -0.1) is 0 Å². The summed E-state index contributed by atoms with van der Waals surface area (Å²) >= 11 is 0. The molecule has 0 unspecified atom stereocenters. The molecule has 0 radical (unpaired) electrons. The second-order valence-corrected chi connectivity index (χ2v) is 6.46. The van der Waals surface area contributed by atoms with Gasteiger partial charge in [-0.05, 0) is 56.9 Å². The summed E-state index contributed by atoms with van der Waals surface area (Å²) in [6.07, 6.45) is 4.45. The van der Waals surface area contributed by atoms with E-state index in [1.807, 2.05) is 0 Å². The number of ether oxygens (including phenoxy) is 1. The summed E-state index contributed by atoms with van der Waals surface area (Å²) in [6.45, 7) is 14.4. The Balaban J connectivity index is 2.55. The average molecular weight is 238 g/mol. The Morgan fingerprint density at radius 3 is 2.35 bits per heavy atom. The zero-order valence-electron chi connectivity index (χ0n) is 12.5. The molecule has 1 aliphatic carbocycles. The van der Waals surface area contributed by atoms with E-state index < -0.39 is 0 Å². The molecule has 1 heteroatoms. The Morgan fingerprint density at radius 1 is 1.18 bits per heavy atom. The zero-order valence-corrected chi connectivity index (χ0v) is 12.5. The van der Waals surface area contributed by atoms with Crippen LogP contribution >= 0.6 is 0 Å². The highest BCUT2D eigenvalue weighted by Crippen LogP contribution is 2.35. The van der Waals surface area contributed by atoms with Crippen molar-refractivity contribution >= 4 is 0 Å². The van der Waals surface area contributed by atoms with Gasteiger partial charge in [0.1, 0.15) is 0 Å². The largest absolute Gasteiger partial charge is 0.374 e. The van der Waals surface area contributed by atoms with Crippen LogP contribution in [0.4, 0.5) is 0 Å². The molecular formula is C16H30O. The lowest BCUT2D eigenvalue weighted by molar-refractivity contribution is -0.0289. The Labute approximate surface area is 108 Å². The van der Waals surface area contributed by atoms with E-state index in [4.69, 9.17) is 4.74 Å². The normalized spacial score (nSPS) is 29.5. The highest BCUT2D eigenvalue weighted by molar-refractivity contribution is 5.06. The van der Waals surface area contributed by atoms with E-state index in [0.29, 0.717) is 6.10 Å². The van der Waals surface area contributed by atoms with Gasteiger partial charge in [-0.25, -0.2) is 0 Å². The SMILES string of the molecule is CC(C)=C(C)CO[C@@H]1C[C@H](C)CC[C@H]1C(C)C. The number of allylic oxidation sites excluding steroid dienone is 1. The molecule has 0 spiro atoms. The summed E-state index contributed by atoms with van der Waals surface area (Å²) in [5.41, 5.74) is 2.79. The van der Waals surface area contributed by atoms with Crippen LogP contribution in [0.2, 0.25) is 0 Å². The zero-order chi connectivity index (χ0) is 13.0. The Morgan fingerprint density at radius 2 is 1.82 bits per heavy atom. The van der Waals surface area contributed by atoms with Gasteiger partial charge in [0.05, 0.1) is 12.7 Å². The fraction of sp³-hybridized carbons (Fsp3) is 0.875. The maximum Gasteiger partial charge on any atom is 0.0680 e. The second-order valence-electron chi connectivity index (χ2n) is 6.46. The van der Waals surface area contributed by atoms with E-state index in [1.54, 1.807) is 0 Å². The maximum absolute atomic E-state index is 6.19. The molecule has 0 heterocycles. The molecule has 0 amide bonds. The van der Waals surface area contributed by atoms with Crippen LogP contribution in [0.15, 0.2) is 11.1 Å². The molecule has 3 atom stereocenters. The molecule has 0 aromatic carbocycles. The van der Waals surface area contributed by atoms with Gasteiger partial charge < -0.3 is 4.74 Å². The molecule has 0 aromatic rings. The number of rotatable bonds is 4. The number of hydrogen-bond donors (Lipinski definition) is 0. The first-order chi connectivity index (χ1) is 7.91.